The Hall–Kier alpha value is -2.36. The Morgan fingerprint density at radius 3 is 2.67 bits per heavy atom. The van der Waals surface area contributed by atoms with Crippen LogP contribution in [0.15, 0.2) is 42.6 Å². The predicted molar refractivity (Wildman–Crippen MR) is 72.6 cm³/mol. The molecule has 1 heterocycles. The highest BCUT2D eigenvalue weighted by atomic mass is 16.2. The lowest BCUT2D eigenvalue weighted by molar-refractivity contribution is 0.0992. The van der Waals surface area contributed by atoms with Gasteiger partial charge in [-0.05, 0) is 42.8 Å². The summed E-state index contributed by atoms with van der Waals surface area (Å²) < 4.78 is 0. The third-order valence-electron chi connectivity index (χ3n) is 2.64. The molecule has 2 rings (SSSR count). The van der Waals surface area contributed by atoms with E-state index < -0.39 is 0 Å². The highest BCUT2D eigenvalue weighted by Gasteiger charge is 2.14. The average Bonchev–Trinajstić information content (AvgIpc) is 2.37. The van der Waals surface area contributed by atoms with E-state index in [1.54, 1.807) is 25.4 Å². The fourth-order valence-corrected chi connectivity index (χ4v) is 1.79. The minimum absolute atomic E-state index is 0.121. The summed E-state index contributed by atoms with van der Waals surface area (Å²) in [4.78, 5) is 17.9. The van der Waals surface area contributed by atoms with Crippen molar-refractivity contribution < 1.29 is 4.79 Å². The normalized spacial score (nSPS) is 10.1. The molecule has 0 saturated heterocycles. The minimum atomic E-state index is -0.121. The van der Waals surface area contributed by atoms with Crippen LogP contribution in [0.5, 0.6) is 0 Å². The summed E-state index contributed by atoms with van der Waals surface area (Å²) in [6.45, 7) is 1.91. The highest BCUT2D eigenvalue weighted by Crippen LogP contribution is 2.16. The van der Waals surface area contributed by atoms with Gasteiger partial charge in [0.15, 0.2) is 0 Å². The quantitative estimate of drug-likeness (QED) is 0.820. The van der Waals surface area contributed by atoms with Crippen molar-refractivity contribution in [2.75, 3.05) is 17.7 Å². The Bertz CT molecular complexity index is 546. The van der Waals surface area contributed by atoms with Gasteiger partial charge in [0, 0.05) is 24.5 Å². The van der Waals surface area contributed by atoms with E-state index in [2.05, 4.69) is 4.98 Å². The number of nitrogens with two attached hydrogens (primary N) is 1. The van der Waals surface area contributed by atoms with Gasteiger partial charge in [0.25, 0.3) is 5.91 Å². The Morgan fingerprint density at radius 1 is 1.28 bits per heavy atom. The Labute approximate surface area is 106 Å². The van der Waals surface area contributed by atoms with Gasteiger partial charge in [-0.15, -0.1) is 0 Å². The molecule has 0 fully saturated rings. The first kappa shape index (κ1) is 12.1. The van der Waals surface area contributed by atoms with Crippen LogP contribution in [-0.4, -0.2) is 17.9 Å². The van der Waals surface area contributed by atoms with Gasteiger partial charge < -0.3 is 5.73 Å². The number of hydrogen-bond donors (Lipinski definition) is 1. The molecule has 0 aliphatic carbocycles. The number of nitrogens with zero attached hydrogens (tertiary/aromatic N) is 2. The third-order valence-corrected chi connectivity index (χ3v) is 2.64. The highest BCUT2D eigenvalue weighted by molar-refractivity contribution is 6.05. The monoisotopic (exact) mass is 241 g/mol. The molecule has 1 amide bonds. The number of aryl methyl sites for hydroxylation is 1. The summed E-state index contributed by atoms with van der Waals surface area (Å²) in [6, 6.07) is 10.8. The van der Waals surface area contributed by atoms with Gasteiger partial charge in [-0.3, -0.25) is 9.69 Å². The van der Waals surface area contributed by atoms with Crippen molar-refractivity contribution in [2.45, 2.75) is 6.92 Å². The number of carbonyl (C=O) groups excluding carboxylic acids is 1. The fraction of sp³-hybridized carbons (Fsp3) is 0.143. The number of benzene rings is 1. The van der Waals surface area contributed by atoms with Crippen LogP contribution in [0, 0.1) is 6.92 Å². The molecule has 0 spiro atoms. The van der Waals surface area contributed by atoms with Gasteiger partial charge in [-0.2, -0.15) is 0 Å². The summed E-state index contributed by atoms with van der Waals surface area (Å²) in [5.74, 6) is 0.492. The third kappa shape index (κ3) is 2.48. The van der Waals surface area contributed by atoms with Crippen LogP contribution in [0.2, 0.25) is 0 Å². The number of anilines is 2. The number of amides is 1. The van der Waals surface area contributed by atoms with E-state index in [0.717, 1.165) is 5.56 Å². The lowest BCUT2D eigenvalue weighted by Crippen LogP contribution is -2.27. The zero-order valence-corrected chi connectivity index (χ0v) is 10.4. The molecule has 0 aliphatic rings. The van der Waals surface area contributed by atoms with Crippen molar-refractivity contribution in [2.24, 2.45) is 0 Å². The number of pyridine rings is 1. The van der Waals surface area contributed by atoms with E-state index in [1.165, 1.54) is 4.90 Å². The molecule has 92 valence electrons. The first-order chi connectivity index (χ1) is 8.58. The van der Waals surface area contributed by atoms with Crippen LogP contribution < -0.4 is 10.6 Å². The average molecular weight is 241 g/mol. The fourth-order valence-electron chi connectivity index (χ4n) is 1.79. The first-order valence-electron chi connectivity index (χ1n) is 5.64. The Morgan fingerprint density at radius 2 is 2.06 bits per heavy atom. The second kappa shape index (κ2) is 4.87. The predicted octanol–water partition coefficient (Wildman–Crippen LogP) is 2.25. The maximum Gasteiger partial charge on any atom is 0.259 e. The summed E-state index contributed by atoms with van der Waals surface area (Å²) in [7, 11) is 1.70. The van der Waals surface area contributed by atoms with E-state index in [0.29, 0.717) is 17.1 Å². The number of carbonyl (C=O) groups is 1. The zero-order valence-electron chi connectivity index (χ0n) is 10.4. The number of hydrogen-bond acceptors (Lipinski definition) is 3. The van der Waals surface area contributed by atoms with Crippen molar-refractivity contribution in [1.82, 2.24) is 4.98 Å². The number of aromatic nitrogens is 1. The van der Waals surface area contributed by atoms with Gasteiger partial charge in [0.05, 0.1) is 0 Å². The molecule has 1 aromatic carbocycles. The molecule has 4 heteroatoms. The van der Waals surface area contributed by atoms with E-state index >= 15 is 0 Å². The molecule has 0 radical (unpaired) electrons. The molecule has 0 atom stereocenters. The maximum absolute atomic E-state index is 12.3. The summed E-state index contributed by atoms with van der Waals surface area (Å²) in [5.41, 5.74) is 7.88. The van der Waals surface area contributed by atoms with Crippen molar-refractivity contribution in [3.8, 4) is 0 Å². The molecule has 0 aliphatic heterocycles. The summed E-state index contributed by atoms with van der Waals surface area (Å²) >= 11 is 0. The summed E-state index contributed by atoms with van der Waals surface area (Å²) in [6.07, 6.45) is 1.66. The number of rotatable bonds is 2. The second-order valence-corrected chi connectivity index (χ2v) is 4.18. The molecule has 18 heavy (non-hydrogen) atoms. The molecule has 2 N–H and O–H groups in total. The first-order valence-corrected chi connectivity index (χ1v) is 5.64. The van der Waals surface area contributed by atoms with Crippen molar-refractivity contribution in [3.63, 3.8) is 0 Å². The Balaban J connectivity index is 2.31. The second-order valence-electron chi connectivity index (χ2n) is 4.18. The van der Waals surface area contributed by atoms with Gasteiger partial charge in [0.2, 0.25) is 0 Å². The van der Waals surface area contributed by atoms with Crippen molar-refractivity contribution >= 4 is 17.4 Å². The molecule has 2 aromatic rings. The topological polar surface area (TPSA) is 59.2 Å². The van der Waals surface area contributed by atoms with Gasteiger partial charge >= 0.3 is 0 Å². The molecular weight excluding hydrogens is 226 g/mol. The van der Waals surface area contributed by atoms with Crippen molar-refractivity contribution in [3.05, 3.63) is 53.7 Å². The molecule has 0 bridgehead atoms. The minimum Gasteiger partial charge on any atom is -0.399 e. The molecule has 1 aromatic heterocycles. The largest absolute Gasteiger partial charge is 0.399 e. The zero-order chi connectivity index (χ0) is 13.1. The standard InChI is InChI=1S/C14H15N3O/c1-10-7-11(9-12(15)8-10)14(18)17(2)13-5-3-4-6-16-13/h3-9H,15H2,1-2H3. The van der Waals surface area contributed by atoms with Crippen molar-refractivity contribution in [1.29, 1.82) is 0 Å². The lowest BCUT2D eigenvalue weighted by Gasteiger charge is -2.16. The van der Waals surface area contributed by atoms with Crippen LogP contribution in [0.4, 0.5) is 11.5 Å². The van der Waals surface area contributed by atoms with Gasteiger partial charge in [-0.25, -0.2) is 4.98 Å². The van der Waals surface area contributed by atoms with Crippen LogP contribution >= 0.6 is 0 Å². The molecule has 0 unspecified atom stereocenters. The molecular formula is C14H15N3O. The summed E-state index contributed by atoms with van der Waals surface area (Å²) in [5, 5.41) is 0. The van der Waals surface area contributed by atoms with E-state index in [9.17, 15) is 4.79 Å². The van der Waals surface area contributed by atoms with Crippen LogP contribution in [-0.2, 0) is 0 Å². The maximum atomic E-state index is 12.3. The smallest absolute Gasteiger partial charge is 0.259 e. The van der Waals surface area contributed by atoms with E-state index in [4.69, 9.17) is 5.73 Å². The van der Waals surface area contributed by atoms with E-state index in [-0.39, 0.29) is 5.91 Å². The van der Waals surface area contributed by atoms with E-state index in [1.807, 2.05) is 31.2 Å². The number of nitrogen functional groups attached to an aromatic ring is 1. The van der Waals surface area contributed by atoms with Crippen LogP contribution in [0.25, 0.3) is 0 Å². The van der Waals surface area contributed by atoms with Crippen LogP contribution in [0.1, 0.15) is 15.9 Å². The lowest BCUT2D eigenvalue weighted by atomic mass is 10.1. The van der Waals surface area contributed by atoms with Gasteiger partial charge in [-0.1, -0.05) is 6.07 Å². The molecule has 4 nitrogen and oxygen atoms in total. The van der Waals surface area contributed by atoms with Crippen LogP contribution in [0.3, 0.4) is 0 Å². The Kier molecular flexibility index (Phi) is 3.28. The van der Waals surface area contributed by atoms with Gasteiger partial charge in [0.1, 0.15) is 5.82 Å². The SMILES string of the molecule is Cc1cc(N)cc(C(=O)N(C)c2ccccn2)c1. The molecule has 0 saturated carbocycles.